The molecule has 18 heavy (non-hydrogen) atoms. The largest absolute Gasteiger partial charge is 0.382 e. The van der Waals surface area contributed by atoms with Gasteiger partial charge in [-0.1, -0.05) is 12.1 Å². The quantitative estimate of drug-likeness (QED) is 0.773. The lowest BCUT2D eigenvalue weighted by molar-refractivity contribution is 0.479. The van der Waals surface area contributed by atoms with Crippen LogP contribution in [0.15, 0.2) is 36.5 Å². The minimum Gasteiger partial charge on any atom is -0.382 e. The van der Waals surface area contributed by atoms with Crippen molar-refractivity contribution in [2.75, 3.05) is 18.4 Å². The van der Waals surface area contributed by atoms with E-state index in [9.17, 15) is 0 Å². The maximum Gasteiger partial charge on any atom is 0.0650 e. The van der Waals surface area contributed by atoms with Gasteiger partial charge in [0.2, 0.25) is 0 Å². The van der Waals surface area contributed by atoms with E-state index in [1.54, 1.807) is 6.20 Å². The van der Waals surface area contributed by atoms with E-state index in [4.69, 9.17) is 0 Å². The molecule has 1 fully saturated rings. The Labute approximate surface area is 107 Å². The summed E-state index contributed by atoms with van der Waals surface area (Å²) in [6.45, 7) is 2.22. The first kappa shape index (κ1) is 11.3. The van der Waals surface area contributed by atoms with E-state index in [0.717, 1.165) is 18.8 Å². The van der Waals surface area contributed by atoms with Crippen molar-refractivity contribution in [2.45, 2.75) is 18.9 Å². The van der Waals surface area contributed by atoms with Crippen molar-refractivity contribution in [1.29, 1.82) is 0 Å². The number of aromatic nitrogens is 2. The molecule has 1 aromatic carbocycles. The number of benzene rings is 1. The van der Waals surface area contributed by atoms with Gasteiger partial charge in [-0.25, -0.2) is 0 Å². The topological polar surface area (TPSA) is 52.7 Å². The maximum absolute atomic E-state index is 3.99. The average molecular weight is 242 g/mol. The highest BCUT2D eigenvalue weighted by molar-refractivity contribution is 5.64. The molecule has 0 atom stereocenters. The van der Waals surface area contributed by atoms with E-state index in [1.807, 2.05) is 6.07 Å². The van der Waals surface area contributed by atoms with Crippen LogP contribution >= 0.6 is 0 Å². The van der Waals surface area contributed by atoms with E-state index in [2.05, 4.69) is 45.1 Å². The predicted octanol–water partition coefficient (Wildman–Crippen LogP) is 2.24. The number of rotatable bonds is 3. The van der Waals surface area contributed by atoms with Gasteiger partial charge in [-0.2, -0.15) is 5.10 Å². The fraction of sp³-hybridized carbons (Fsp3) is 0.357. The Balaban J connectivity index is 1.74. The molecule has 0 amide bonds. The molecule has 0 radical (unpaired) electrons. The van der Waals surface area contributed by atoms with E-state index in [0.29, 0.717) is 6.04 Å². The number of H-pyrrole nitrogens is 1. The van der Waals surface area contributed by atoms with Crippen LogP contribution in [-0.4, -0.2) is 29.3 Å². The molecule has 1 saturated heterocycles. The molecule has 1 aromatic heterocycles. The lowest BCUT2D eigenvalue weighted by Gasteiger charge is -2.24. The number of piperidine rings is 1. The third-order valence-corrected chi connectivity index (χ3v) is 3.38. The summed E-state index contributed by atoms with van der Waals surface area (Å²) in [6.07, 6.45) is 4.16. The maximum atomic E-state index is 3.99. The van der Waals surface area contributed by atoms with Gasteiger partial charge in [-0.05, 0) is 44.1 Å². The summed E-state index contributed by atoms with van der Waals surface area (Å²) in [5, 5.41) is 14.0. The van der Waals surface area contributed by atoms with Crippen LogP contribution in [0, 0.1) is 0 Å². The molecule has 3 N–H and O–H groups in total. The van der Waals surface area contributed by atoms with Crippen LogP contribution in [-0.2, 0) is 0 Å². The number of anilines is 1. The zero-order valence-electron chi connectivity index (χ0n) is 10.3. The summed E-state index contributed by atoms with van der Waals surface area (Å²) < 4.78 is 0. The third kappa shape index (κ3) is 2.54. The summed E-state index contributed by atoms with van der Waals surface area (Å²) >= 11 is 0. The van der Waals surface area contributed by atoms with Crippen molar-refractivity contribution >= 4 is 5.69 Å². The molecular formula is C14H18N4. The van der Waals surface area contributed by atoms with E-state index >= 15 is 0 Å². The van der Waals surface area contributed by atoms with Gasteiger partial charge in [0.1, 0.15) is 0 Å². The predicted molar refractivity (Wildman–Crippen MR) is 73.5 cm³/mol. The molecule has 1 aliphatic rings. The average Bonchev–Trinajstić information content (AvgIpc) is 2.94. The molecule has 94 valence electrons. The summed E-state index contributed by atoms with van der Waals surface area (Å²) in [6, 6.07) is 11.1. The molecule has 2 aromatic rings. The summed E-state index contributed by atoms with van der Waals surface area (Å²) in [5.74, 6) is 0. The standard InChI is InChI=1S/C14H18N4/c1-2-11(14-6-9-16-18-14)10-13(3-1)17-12-4-7-15-8-5-12/h1-3,6,9-10,12,15,17H,4-5,7-8H2,(H,16,18). The Morgan fingerprint density at radius 2 is 2.06 bits per heavy atom. The first-order chi connectivity index (χ1) is 8.92. The van der Waals surface area contributed by atoms with E-state index < -0.39 is 0 Å². The normalized spacial score (nSPS) is 16.7. The van der Waals surface area contributed by atoms with Crippen LogP contribution < -0.4 is 10.6 Å². The van der Waals surface area contributed by atoms with Crippen LogP contribution in [0.2, 0.25) is 0 Å². The zero-order chi connectivity index (χ0) is 12.2. The minimum atomic E-state index is 0.586. The van der Waals surface area contributed by atoms with Crippen LogP contribution in [0.5, 0.6) is 0 Å². The molecule has 0 spiro atoms. The Bertz CT molecular complexity index is 486. The van der Waals surface area contributed by atoms with Gasteiger partial charge in [-0.3, -0.25) is 5.10 Å². The molecule has 0 bridgehead atoms. The molecule has 4 heteroatoms. The van der Waals surface area contributed by atoms with Crippen molar-refractivity contribution in [3.8, 4) is 11.3 Å². The number of aromatic amines is 1. The minimum absolute atomic E-state index is 0.586. The third-order valence-electron chi connectivity index (χ3n) is 3.38. The highest BCUT2D eigenvalue weighted by Gasteiger charge is 2.12. The molecule has 0 aliphatic carbocycles. The monoisotopic (exact) mass is 242 g/mol. The second-order valence-electron chi connectivity index (χ2n) is 4.72. The first-order valence-corrected chi connectivity index (χ1v) is 6.49. The van der Waals surface area contributed by atoms with E-state index in [1.165, 1.54) is 24.1 Å². The smallest absolute Gasteiger partial charge is 0.0650 e. The van der Waals surface area contributed by atoms with Crippen LogP contribution in [0.4, 0.5) is 5.69 Å². The van der Waals surface area contributed by atoms with E-state index in [-0.39, 0.29) is 0 Å². The second-order valence-corrected chi connectivity index (χ2v) is 4.72. The van der Waals surface area contributed by atoms with Crippen molar-refractivity contribution in [1.82, 2.24) is 15.5 Å². The SMILES string of the molecule is c1cc(NC2CCNCC2)cc(-c2ccn[nH]2)c1. The first-order valence-electron chi connectivity index (χ1n) is 6.49. The zero-order valence-corrected chi connectivity index (χ0v) is 10.3. The number of nitrogens with zero attached hydrogens (tertiary/aromatic N) is 1. The van der Waals surface area contributed by atoms with Crippen molar-refractivity contribution in [2.24, 2.45) is 0 Å². The molecule has 1 aliphatic heterocycles. The molecule has 0 saturated carbocycles. The lowest BCUT2D eigenvalue weighted by Crippen LogP contribution is -2.35. The fourth-order valence-corrected chi connectivity index (χ4v) is 2.40. The Morgan fingerprint density at radius 3 is 2.83 bits per heavy atom. The van der Waals surface area contributed by atoms with Crippen molar-refractivity contribution in [3.05, 3.63) is 36.5 Å². The van der Waals surface area contributed by atoms with Gasteiger partial charge >= 0.3 is 0 Å². The van der Waals surface area contributed by atoms with Gasteiger partial charge in [0, 0.05) is 23.5 Å². The number of hydrogen-bond donors (Lipinski definition) is 3. The molecule has 4 nitrogen and oxygen atoms in total. The van der Waals surface area contributed by atoms with Crippen LogP contribution in [0.25, 0.3) is 11.3 Å². The molecule has 3 rings (SSSR count). The molecule has 0 unspecified atom stereocenters. The second kappa shape index (κ2) is 5.23. The van der Waals surface area contributed by atoms with Gasteiger partial charge in [-0.15, -0.1) is 0 Å². The molecular weight excluding hydrogens is 224 g/mol. The number of hydrogen-bond acceptors (Lipinski definition) is 3. The lowest BCUT2D eigenvalue weighted by atomic mass is 10.1. The molecule has 2 heterocycles. The fourth-order valence-electron chi connectivity index (χ4n) is 2.40. The summed E-state index contributed by atoms with van der Waals surface area (Å²) in [4.78, 5) is 0. The Morgan fingerprint density at radius 1 is 1.17 bits per heavy atom. The number of nitrogens with one attached hydrogen (secondary N) is 3. The van der Waals surface area contributed by atoms with Gasteiger partial charge in [0.15, 0.2) is 0 Å². The summed E-state index contributed by atoms with van der Waals surface area (Å²) in [5.41, 5.74) is 3.42. The van der Waals surface area contributed by atoms with Gasteiger partial charge in [0.05, 0.1) is 5.69 Å². The highest BCUT2D eigenvalue weighted by atomic mass is 15.1. The Hall–Kier alpha value is -1.81. The Kier molecular flexibility index (Phi) is 3.28. The van der Waals surface area contributed by atoms with Crippen LogP contribution in [0.3, 0.4) is 0 Å². The summed E-state index contributed by atoms with van der Waals surface area (Å²) in [7, 11) is 0. The van der Waals surface area contributed by atoms with Crippen LogP contribution in [0.1, 0.15) is 12.8 Å². The van der Waals surface area contributed by atoms with Crippen molar-refractivity contribution < 1.29 is 0 Å². The van der Waals surface area contributed by atoms with Gasteiger partial charge < -0.3 is 10.6 Å². The highest BCUT2D eigenvalue weighted by Crippen LogP contribution is 2.21. The van der Waals surface area contributed by atoms with Gasteiger partial charge in [0.25, 0.3) is 0 Å². The van der Waals surface area contributed by atoms with Crippen molar-refractivity contribution in [3.63, 3.8) is 0 Å².